The van der Waals surface area contributed by atoms with Crippen LogP contribution in [0.25, 0.3) is 0 Å². The zero-order valence-corrected chi connectivity index (χ0v) is 9.03. The van der Waals surface area contributed by atoms with Crippen LogP contribution in [0.5, 0.6) is 0 Å². The second-order valence-corrected chi connectivity index (χ2v) is 3.88. The number of carbonyl (C=O) groups excluding carboxylic acids is 1. The topological polar surface area (TPSA) is 78.4 Å². The number of carboxylic acid groups (broad SMARTS) is 1. The lowest BCUT2D eigenvalue weighted by molar-refractivity contribution is -0.139. The third-order valence-corrected chi connectivity index (χ3v) is 2.63. The Labute approximate surface area is 96.6 Å². The van der Waals surface area contributed by atoms with Gasteiger partial charge in [-0.1, -0.05) is 0 Å². The summed E-state index contributed by atoms with van der Waals surface area (Å²) < 4.78 is 13.1. The summed E-state index contributed by atoms with van der Waals surface area (Å²) in [6, 6.07) is 2.20. The van der Waals surface area contributed by atoms with Gasteiger partial charge >= 0.3 is 5.97 Å². The molecule has 6 heteroatoms. The first kappa shape index (κ1) is 11.5. The summed E-state index contributed by atoms with van der Waals surface area (Å²) in [6.07, 6.45) is 0. The first-order valence-electron chi connectivity index (χ1n) is 5.08. The molecular weight excluding hydrogens is 227 g/mol. The number of fused-ring (bicyclic) bond motifs is 1. The number of carbonyl (C=O) groups is 2. The molecule has 0 aromatic heterocycles. The quantitative estimate of drug-likeness (QED) is 0.730. The summed E-state index contributed by atoms with van der Waals surface area (Å²) in [5.41, 5.74) is 0.939. The average Bonchev–Trinajstić information content (AvgIpc) is 2.55. The van der Waals surface area contributed by atoms with Gasteiger partial charge in [0, 0.05) is 11.3 Å². The molecule has 0 aliphatic carbocycles. The van der Waals surface area contributed by atoms with Crippen molar-refractivity contribution in [2.75, 3.05) is 5.32 Å². The summed E-state index contributed by atoms with van der Waals surface area (Å²) >= 11 is 0. The minimum Gasteiger partial charge on any atom is -0.480 e. The van der Waals surface area contributed by atoms with E-state index < -0.39 is 23.9 Å². The smallest absolute Gasteiger partial charge is 0.320 e. The van der Waals surface area contributed by atoms with E-state index in [0.29, 0.717) is 11.3 Å². The molecule has 0 spiro atoms. The van der Waals surface area contributed by atoms with E-state index in [9.17, 15) is 14.0 Å². The fraction of sp³-hybridized carbons (Fsp3) is 0.273. The maximum Gasteiger partial charge on any atom is 0.320 e. The number of nitrogens with one attached hydrogen (secondary N) is 2. The minimum absolute atomic E-state index is 0.376. The minimum atomic E-state index is -1.07. The number of aliphatic carboxylic acids is 1. The van der Waals surface area contributed by atoms with Gasteiger partial charge in [0.25, 0.3) is 0 Å². The Balaban J connectivity index is 2.28. The lowest BCUT2D eigenvalue weighted by Gasteiger charge is -2.14. The molecule has 2 rings (SSSR count). The summed E-state index contributed by atoms with van der Waals surface area (Å²) in [5, 5.41) is 14.0. The molecule has 17 heavy (non-hydrogen) atoms. The van der Waals surface area contributed by atoms with Gasteiger partial charge in [-0.15, -0.1) is 0 Å². The molecule has 1 amide bonds. The molecule has 0 saturated carbocycles. The fourth-order valence-electron chi connectivity index (χ4n) is 1.72. The maximum absolute atomic E-state index is 13.1. The van der Waals surface area contributed by atoms with Crippen molar-refractivity contribution in [3.05, 3.63) is 29.6 Å². The van der Waals surface area contributed by atoms with Crippen molar-refractivity contribution >= 4 is 17.6 Å². The molecule has 1 heterocycles. The Hall–Kier alpha value is -1.95. The summed E-state index contributed by atoms with van der Waals surface area (Å²) in [4.78, 5) is 22.3. The first-order valence-corrected chi connectivity index (χ1v) is 5.08. The van der Waals surface area contributed by atoms with Gasteiger partial charge in [-0.05, 0) is 25.1 Å². The second kappa shape index (κ2) is 4.14. The fourth-order valence-corrected chi connectivity index (χ4v) is 1.72. The highest BCUT2D eigenvalue weighted by molar-refractivity contribution is 6.02. The lowest BCUT2D eigenvalue weighted by Crippen LogP contribution is -2.39. The molecule has 1 aromatic carbocycles. The molecule has 1 aliphatic rings. The van der Waals surface area contributed by atoms with Crippen molar-refractivity contribution in [2.24, 2.45) is 0 Å². The van der Waals surface area contributed by atoms with Crippen LogP contribution in [-0.4, -0.2) is 23.0 Å². The number of anilines is 1. The van der Waals surface area contributed by atoms with Crippen molar-refractivity contribution in [2.45, 2.75) is 19.0 Å². The Bertz CT molecular complexity index is 490. The van der Waals surface area contributed by atoms with Crippen LogP contribution in [0, 0.1) is 5.82 Å². The predicted molar refractivity (Wildman–Crippen MR) is 58.0 cm³/mol. The van der Waals surface area contributed by atoms with Gasteiger partial charge in [0.1, 0.15) is 17.9 Å². The van der Waals surface area contributed by atoms with Crippen LogP contribution in [0.1, 0.15) is 18.5 Å². The highest BCUT2D eigenvalue weighted by Crippen LogP contribution is 2.31. The van der Waals surface area contributed by atoms with E-state index in [1.165, 1.54) is 25.1 Å². The summed E-state index contributed by atoms with van der Waals surface area (Å²) in [6.45, 7) is 1.42. The first-order chi connectivity index (χ1) is 7.99. The van der Waals surface area contributed by atoms with Gasteiger partial charge in [-0.3, -0.25) is 14.9 Å². The lowest BCUT2D eigenvalue weighted by atomic mass is 10.1. The van der Waals surface area contributed by atoms with E-state index in [1.54, 1.807) is 0 Å². The van der Waals surface area contributed by atoms with E-state index in [4.69, 9.17) is 5.11 Å². The van der Waals surface area contributed by atoms with Gasteiger partial charge in [0.05, 0.1) is 0 Å². The van der Waals surface area contributed by atoms with Gasteiger partial charge in [0.15, 0.2) is 0 Å². The highest BCUT2D eigenvalue weighted by Gasteiger charge is 2.32. The molecular formula is C11H11FN2O3. The van der Waals surface area contributed by atoms with Crippen molar-refractivity contribution in [1.82, 2.24) is 5.32 Å². The normalized spacial score (nSPS) is 19.6. The number of hydrogen-bond acceptors (Lipinski definition) is 3. The van der Waals surface area contributed by atoms with E-state index in [1.807, 2.05) is 0 Å². The van der Waals surface area contributed by atoms with Gasteiger partial charge in [-0.2, -0.15) is 0 Å². The third kappa shape index (κ3) is 2.12. The average molecular weight is 238 g/mol. The molecule has 2 atom stereocenters. The third-order valence-electron chi connectivity index (χ3n) is 2.63. The predicted octanol–water partition coefficient (Wildman–Crippen LogP) is 0.882. The van der Waals surface area contributed by atoms with Crippen LogP contribution in [0.3, 0.4) is 0 Å². The highest BCUT2D eigenvalue weighted by atomic mass is 19.1. The zero-order valence-electron chi connectivity index (χ0n) is 9.03. The molecule has 5 nitrogen and oxygen atoms in total. The van der Waals surface area contributed by atoms with Crippen LogP contribution in [0.4, 0.5) is 10.1 Å². The van der Waals surface area contributed by atoms with Gasteiger partial charge in [-0.25, -0.2) is 4.39 Å². The maximum atomic E-state index is 13.1. The molecule has 2 unspecified atom stereocenters. The zero-order chi connectivity index (χ0) is 12.6. The summed E-state index contributed by atoms with van der Waals surface area (Å²) in [7, 11) is 0. The largest absolute Gasteiger partial charge is 0.480 e. The SMILES string of the molecule is CC(NC1C(=O)Nc2ccc(F)cc21)C(=O)O. The van der Waals surface area contributed by atoms with Crippen LogP contribution >= 0.6 is 0 Å². The molecule has 0 bridgehead atoms. The molecule has 90 valence electrons. The number of rotatable bonds is 3. The second-order valence-electron chi connectivity index (χ2n) is 3.88. The Morgan fingerprint density at radius 1 is 1.59 bits per heavy atom. The molecule has 1 aromatic rings. The standard InChI is InChI=1S/C11H11FN2O3/c1-5(11(16)17)13-9-7-4-6(12)2-3-8(7)14-10(9)15/h2-5,9,13H,1H3,(H,14,15)(H,16,17). The van der Waals surface area contributed by atoms with Crippen LogP contribution < -0.4 is 10.6 Å². The Kier molecular flexibility index (Phi) is 2.81. The number of hydrogen-bond donors (Lipinski definition) is 3. The van der Waals surface area contributed by atoms with Crippen LogP contribution in [0.2, 0.25) is 0 Å². The Morgan fingerprint density at radius 2 is 2.29 bits per heavy atom. The molecule has 0 fully saturated rings. The molecule has 0 radical (unpaired) electrons. The molecule has 1 aliphatic heterocycles. The number of halogens is 1. The molecule has 0 saturated heterocycles. The molecule has 3 N–H and O–H groups in total. The van der Waals surface area contributed by atoms with Gasteiger partial charge in [0.2, 0.25) is 5.91 Å². The van der Waals surface area contributed by atoms with Crippen molar-refractivity contribution in [3.63, 3.8) is 0 Å². The number of carboxylic acids is 1. The van der Waals surface area contributed by atoms with E-state index >= 15 is 0 Å². The van der Waals surface area contributed by atoms with E-state index in [2.05, 4.69) is 10.6 Å². The number of amides is 1. The van der Waals surface area contributed by atoms with Crippen molar-refractivity contribution in [1.29, 1.82) is 0 Å². The number of benzene rings is 1. The van der Waals surface area contributed by atoms with E-state index in [-0.39, 0.29) is 5.91 Å². The van der Waals surface area contributed by atoms with Crippen molar-refractivity contribution < 1.29 is 19.1 Å². The summed E-state index contributed by atoms with van der Waals surface area (Å²) in [5.74, 6) is -1.91. The van der Waals surface area contributed by atoms with Crippen molar-refractivity contribution in [3.8, 4) is 0 Å². The van der Waals surface area contributed by atoms with Crippen LogP contribution in [0.15, 0.2) is 18.2 Å². The van der Waals surface area contributed by atoms with Crippen LogP contribution in [-0.2, 0) is 9.59 Å². The van der Waals surface area contributed by atoms with E-state index in [0.717, 1.165) is 0 Å². The van der Waals surface area contributed by atoms with Gasteiger partial charge < -0.3 is 10.4 Å². The monoisotopic (exact) mass is 238 g/mol. The Morgan fingerprint density at radius 3 is 2.94 bits per heavy atom.